The van der Waals surface area contributed by atoms with Gasteiger partial charge in [0.15, 0.2) is 0 Å². The van der Waals surface area contributed by atoms with E-state index < -0.39 is 0 Å². The molecule has 1 heterocycles. The number of hydrogen-bond donors (Lipinski definition) is 4. The predicted octanol–water partition coefficient (Wildman–Crippen LogP) is 4.09. The lowest BCUT2D eigenvalue weighted by Gasteiger charge is -2.23. The van der Waals surface area contributed by atoms with Crippen molar-refractivity contribution in [2.24, 2.45) is 11.8 Å². The summed E-state index contributed by atoms with van der Waals surface area (Å²) in [5, 5.41) is 12.9. The second-order valence-corrected chi connectivity index (χ2v) is 10.00. The summed E-state index contributed by atoms with van der Waals surface area (Å²) in [6.07, 6.45) is 5.14. The van der Waals surface area contributed by atoms with Gasteiger partial charge in [-0.2, -0.15) is 15.0 Å². The summed E-state index contributed by atoms with van der Waals surface area (Å²) < 4.78 is 11.2. The minimum absolute atomic E-state index is 0.101. The summed E-state index contributed by atoms with van der Waals surface area (Å²) in [4.78, 5) is 25.8. The molecular weight excluding hydrogens is 494 g/mol. The molecule has 1 amide bonds. The Balaban J connectivity index is 1.02. The number of hydrogen-bond acceptors (Lipinski definition) is 9. The van der Waals surface area contributed by atoms with Gasteiger partial charge >= 0.3 is 0 Å². The Kier molecular flexibility index (Phi) is 9.54. The maximum absolute atomic E-state index is 12.0. The lowest BCUT2D eigenvalue weighted by atomic mass is 9.95. The van der Waals surface area contributed by atoms with Gasteiger partial charge in [-0.05, 0) is 55.4 Å². The number of nitrogens with zero attached hydrogens (tertiary/aromatic N) is 3. The Bertz CT molecular complexity index is 1180. The molecular formula is C29H37N7O3. The molecule has 3 unspecified atom stereocenters. The standard InChI is InChI=1S/C29H37N7O3/c37-26(22-7-3-1-4-8-22)30-13-15-38-17-18-39-16-14-31-27-34-28(32-24-9-5-2-6-10-24)36-29(35-27)33-25-20-21-11-12-23(25)19-21/h1-10,21,23,25H,11-20H2,(H,30,37)(H3,31,32,33,34,35,36). The van der Waals surface area contributed by atoms with Crippen LogP contribution >= 0.6 is 0 Å². The quantitative estimate of drug-likeness (QED) is 0.215. The number of benzene rings is 2. The van der Waals surface area contributed by atoms with Crippen LogP contribution in [0, 0.1) is 11.8 Å². The number of amides is 1. The van der Waals surface area contributed by atoms with Gasteiger partial charge in [0.1, 0.15) is 0 Å². The van der Waals surface area contributed by atoms with E-state index in [0.29, 0.717) is 74.9 Å². The Morgan fingerprint density at radius 2 is 1.46 bits per heavy atom. The van der Waals surface area contributed by atoms with Crippen LogP contribution in [0.2, 0.25) is 0 Å². The van der Waals surface area contributed by atoms with E-state index in [9.17, 15) is 4.79 Å². The molecule has 10 heteroatoms. The monoisotopic (exact) mass is 531 g/mol. The molecule has 5 rings (SSSR count). The van der Waals surface area contributed by atoms with Crippen molar-refractivity contribution in [2.45, 2.75) is 31.7 Å². The van der Waals surface area contributed by atoms with Crippen molar-refractivity contribution in [3.8, 4) is 0 Å². The molecule has 2 aliphatic carbocycles. The highest BCUT2D eigenvalue weighted by molar-refractivity contribution is 5.94. The average molecular weight is 532 g/mol. The van der Waals surface area contributed by atoms with Gasteiger partial charge in [-0.25, -0.2) is 0 Å². The van der Waals surface area contributed by atoms with Gasteiger partial charge in [0.05, 0.1) is 26.4 Å². The van der Waals surface area contributed by atoms with E-state index in [1.807, 2.05) is 48.5 Å². The lowest BCUT2D eigenvalue weighted by Crippen LogP contribution is -2.27. The number of carbonyl (C=O) groups is 1. The molecule has 0 radical (unpaired) electrons. The highest BCUT2D eigenvalue weighted by atomic mass is 16.5. The molecule has 0 aliphatic heterocycles. The van der Waals surface area contributed by atoms with Gasteiger partial charge in [0.25, 0.3) is 5.91 Å². The first-order valence-corrected chi connectivity index (χ1v) is 13.8. The molecule has 39 heavy (non-hydrogen) atoms. The van der Waals surface area contributed by atoms with Gasteiger partial charge in [-0.3, -0.25) is 4.79 Å². The predicted molar refractivity (Wildman–Crippen MR) is 151 cm³/mol. The number of ether oxygens (including phenoxy) is 2. The van der Waals surface area contributed by atoms with Crippen LogP contribution in [0.25, 0.3) is 0 Å². The van der Waals surface area contributed by atoms with Crippen molar-refractivity contribution in [2.75, 3.05) is 55.5 Å². The molecule has 3 atom stereocenters. The van der Waals surface area contributed by atoms with Gasteiger partial charge in [0.2, 0.25) is 17.8 Å². The van der Waals surface area contributed by atoms with Crippen LogP contribution < -0.4 is 21.3 Å². The number of fused-ring (bicyclic) bond motifs is 2. The van der Waals surface area contributed by atoms with E-state index in [4.69, 9.17) is 9.47 Å². The Morgan fingerprint density at radius 1 is 0.769 bits per heavy atom. The Labute approximate surface area is 229 Å². The number of carbonyl (C=O) groups excluding carboxylic acids is 1. The molecule has 206 valence electrons. The average Bonchev–Trinajstić information content (AvgIpc) is 3.58. The van der Waals surface area contributed by atoms with Gasteiger partial charge in [0, 0.05) is 30.4 Å². The van der Waals surface area contributed by atoms with Gasteiger partial charge < -0.3 is 30.7 Å². The Hall–Kier alpha value is -3.76. The SMILES string of the molecule is O=C(NCCOCCOCCNc1nc(Nc2ccccc2)nc(NC2CC3CCC2C3)n1)c1ccccc1. The van der Waals surface area contributed by atoms with Crippen molar-refractivity contribution in [3.63, 3.8) is 0 Å². The largest absolute Gasteiger partial charge is 0.377 e. The second kappa shape index (κ2) is 13.9. The zero-order valence-corrected chi connectivity index (χ0v) is 22.1. The Morgan fingerprint density at radius 3 is 2.18 bits per heavy atom. The topological polar surface area (TPSA) is 122 Å². The van der Waals surface area contributed by atoms with Crippen LogP contribution in [0.1, 0.15) is 36.0 Å². The van der Waals surface area contributed by atoms with Crippen molar-refractivity contribution in [1.82, 2.24) is 20.3 Å². The second-order valence-electron chi connectivity index (χ2n) is 10.00. The third-order valence-corrected chi connectivity index (χ3v) is 7.19. The third kappa shape index (κ3) is 8.11. The first-order valence-electron chi connectivity index (χ1n) is 13.8. The van der Waals surface area contributed by atoms with Crippen molar-refractivity contribution in [1.29, 1.82) is 0 Å². The fraction of sp³-hybridized carbons (Fsp3) is 0.448. The van der Waals surface area contributed by atoms with Crippen molar-refractivity contribution < 1.29 is 14.3 Å². The third-order valence-electron chi connectivity index (χ3n) is 7.19. The molecule has 2 aliphatic rings. The summed E-state index contributed by atoms with van der Waals surface area (Å²) >= 11 is 0. The highest BCUT2D eigenvalue weighted by Gasteiger charge is 2.39. The van der Waals surface area contributed by atoms with E-state index in [1.54, 1.807) is 12.1 Å². The first kappa shape index (κ1) is 26.8. The molecule has 2 bridgehead atoms. The smallest absolute Gasteiger partial charge is 0.251 e. The zero-order chi connectivity index (χ0) is 26.7. The van der Waals surface area contributed by atoms with Crippen LogP contribution in [0.4, 0.5) is 23.5 Å². The van der Waals surface area contributed by atoms with Crippen LogP contribution in [0.5, 0.6) is 0 Å². The van der Waals surface area contributed by atoms with Crippen LogP contribution in [0.15, 0.2) is 60.7 Å². The maximum Gasteiger partial charge on any atom is 0.251 e. The molecule has 10 nitrogen and oxygen atoms in total. The molecule has 4 N–H and O–H groups in total. The zero-order valence-electron chi connectivity index (χ0n) is 22.1. The summed E-state index contributed by atoms with van der Waals surface area (Å²) in [5.74, 6) is 3.04. The number of rotatable bonds is 15. The molecule has 0 saturated heterocycles. The van der Waals surface area contributed by atoms with Crippen molar-refractivity contribution >= 4 is 29.4 Å². The van der Waals surface area contributed by atoms with E-state index >= 15 is 0 Å². The summed E-state index contributed by atoms with van der Waals surface area (Å²) in [6, 6.07) is 19.4. The maximum atomic E-state index is 12.0. The van der Waals surface area contributed by atoms with Crippen LogP contribution in [0.3, 0.4) is 0 Å². The molecule has 2 fully saturated rings. The number of para-hydroxylation sites is 1. The van der Waals surface area contributed by atoms with Gasteiger partial charge in [-0.1, -0.05) is 42.8 Å². The van der Waals surface area contributed by atoms with Crippen LogP contribution in [-0.2, 0) is 9.47 Å². The first-order chi connectivity index (χ1) is 19.2. The molecule has 2 saturated carbocycles. The van der Waals surface area contributed by atoms with E-state index in [2.05, 4.69) is 36.2 Å². The van der Waals surface area contributed by atoms with Crippen LogP contribution in [-0.4, -0.2) is 66.4 Å². The lowest BCUT2D eigenvalue weighted by molar-refractivity contribution is 0.0519. The minimum atomic E-state index is -0.101. The fourth-order valence-corrected chi connectivity index (χ4v) is 5.30. The van der Waals surface area contributed by atoms with E-state index in [0.717, 1.165) is 11.6 Å². The number of nitrogens with one attached hydrogen (secondary N) is 4. The van der Waals surface area contributed by atoms with Crippen molar-refractivity contribution in [3.05, 3.63) is 66.2 Å². The molecule has 3 aromatic rings. The molecule has 1 aromatic heterocycles. The number of anilines is 4. The number of aromatic nitrogens is 3. The molecule has 2 aromatic carbocycles. The summed E-state index contributed by atoms with van der Waals surface area (Å²) in [6.45, 7) is 2.83. The highest BCUT2D eigenvalue weighted by Crippen LogP contribution is 2.45. The van der Waals surface area contributed by atoms with E-state index in [1.165, 1.54) is 25.7 Å². The minimum Gasteiger partial charge on any atom is -0.377 e. The normalized spacial score (nSPS) is 19.5. The van der Waals surface area contributed by atoms with Gasteiger partial charge in [-0.15, -0.1) is 0 Å². The summed E-state index contributed by atoms with van der Waals surface area (Å²) in [5.41, 5.74) is 1.56. The molecule has 0 spiro atoms. The van der Waals surface area contributed by atoms with E-state index in [-0.39, 0.29) is 5.91 Å². The summed E-state index contributed by atoms with van der Waals surface area (Å²) in [7, 11) is 0. The fourth-order valence-electron chi connectivity index (χ4n) is 5.30.